The molecule has 0 bridgehead atoms. The highest BCUT2D eigenvalue weighted by atomic mass is 16.4. The number of rotatable bonds is 4. The fourth-order valence-corrected chi connectivity index (χ4v) is 3.20. The second-order valence-corrected chi connectivity index (χ2v) is 6.42. The zero-order valence-electron chi connectivity index (χ0n) is 15.0. The van der Waals surface area contributed by atoms with Gasteiger partial charge in [0.25, 0.3) is 5.89 Å². The maximum Gasteiger partial charge on any atom is 0.437 e. The van der Waals surface area contributed by atoms with Crippen molar-refractivity contribution in [3.05, 3.63) is 59.0 Å². The number of amides is 1. The number of hydrogen-bond acceptors (Lipinski definition) is 6. The maximum absolute atomic E-state index is 12.6. The van der Waals surface area contributed by atoms with Gasteiger partial charge in [-0.1, -0.05) is 18.2 Å². The van der Waals surface area contributed by atoms with Crippen LogP contribution in [0.15, 0.2) is 56.3 Å². The summed E-state index contributed by atoms with van der Waals surface area (Å²) in [4.78, 5) is 28.6. The van der Waals surface area contributed by atoms with Crippen LogP contribution in [-0.4, -0.2) is 46.8 Å². The first-order valence-electron chi connectivity index (χ1n) is 8.82. The van der Waals surface area contributed by atoms with Crippen molar-refractivity contribution in [2.45, 2.75) is 13.5 Å². The van der Waals surface area contributed by atoms with Crippen LogP contribution in [0.1, 0.15) is 5.76 Å². The van der Waals surface area contributed by atoms with Crippen LogP contribution in [0.5, 0.6) is 0 Å². The van der Waals surface area contributed by atoms with Crippen molar-refractivity contribution in [3.8, 4) is 11.5 Å². The van der Waals surface area contributed by atoms with Crippen LogP contribution in [0, 0.1) is 6.92 Å². The van der Waals surface area contributed by atoms with Crippen LogP contribution in [0.3, 0.4) is 0 Å². The third-order valence-corrected chi connectivity index (χ3v) is 4.73. The maximum atomic E-state index is 12.6. The molecule has 0 saturated carbocycles. The lowest BCUT2D eigenvalue weighted by atomic mass is 10.2. The van der Waals surface area contributed by atoms with Gasteiger partial charge in [0.2, 0.25) is 5.91 Å². The Labute approximate surface area is 155 Å². The molecule has 2 aromatic heterocycles. The van der Waals surface area contributed by atoms with E-state index in [2.05, 4.69) is 22.1 Å². The first-order chi connectivity index (χ1) is 13.1. The number of aryl methyl sites for hydroxylation is 1. The average molecular weight is 368 g/mol. The van der Waals surface area contributed by atoms with Crippen LogP contribution >= 0.6 is 0 Å². The monoisotopic (exact) mass is 368 g/mol. The Hall–Kier alpha value is -3.29. The number of hydrogen-bond donors (Lipinski definition) is 0. The number of benzene rings is 1. The molecule has 1 saturated heterocycles. The van der Waals surface area contributed by atoms with Crippen molar-refractivity contribution >= 4 is 11.6 Å². The first kappa shape index (κ1) is 17.1. The molecule has 0 radical (unpaired) electrons. The van der Waals surface area contributed by atoms with Crippen molar-refractivity contribution in [2.75, 3.05) is 31.1 Å². The predicted octanol–water partition coefficient (Wildman–Crippen LogP) is 1.75. The molecule has 0 atom stereocenters. The van der Waals surface area contributed by atoms with Gasteiger partial charge in [-0.25, -0.2) is 4.79 Å². The molecule has 1 fully saturated rings. The molecule has 0 spiro atoms. The highest BCUT2D eigenvalue weighted by Crippen LogP contribution is 2.21. The molecule has 8 heteroatoms. The Morgan fingerprint density at radius 2 is 1.85 bits per heavy atom. The van der Waals surface area contributed by atoms with E-state index >= 15 is 0 Å². The fraction of sp³-hybridized carbons (Fsp3) is 0.316. The van der Waals surface area contributed by atoms with Crippen molar-refractivity contribution in [2.24, 2.45) is 0 Å². The number of para-hydroxylation sites is 1. The Kier molecular flexibility index (Phi) is 4.53. The van der Waals surface area contributed by atoms with Crippen LogP contribution in [0.2, 0.25) is 0 Å². The number of carbonyl (C=O) groups excluding carboxylic acids is 1. The Morgan fingerprint density at radius 1 is 1.11 bits per heavy atom. The molecule has 140 valence electrons. The number of piperazine rings is 1. The molecular formula is C19H20N4O4. The molecule has 1 amide bonds. The topological polar surface area (TPSA) is 84.7 Å². The zero-order valence-corrected chi connectivity index (χ0v) is 15.0. The van der Waals surface area contributed by atoms with Gasteiger partial charge in [0.05, 0.1) is 11.8 Å². The van der Waals surface area contributed by atoms with Crippen LogP contribution in [-0.2, 0) is 11.3 Å². The van der Waals surface area contributed by atoms with E-state index in [9.17, 15) is 9.59 Å². The van der Waals surface area contributed by atoms with Gasteiger partial charge in [-0.3, -0.25) is 4.79 Å². The Bertz CT molecular complexity index is 981. The average Bonchev–Trinajstić information content (AvgIpc) is 3.28. The summed E-state index contributed by atoms with van der Waals surface area (Å²) in [6.07, 6.45) is 1.50. The molecule has 4 rings (SSSR count). The molecule has 0 unspecified atom stereocenters. The van der Waals surface area contributed by atoms with E-state index in [0.29, 0.717) is 24.4 Å². The summed E-state index contributed by atoms with van der Waals surface area (Å²) in [5, 5.41) is 4.13. The molecule has 3 aromatic rings. The second kappa shape index (κ2) is 7.14. The molecule has 27 heavy (non-hydrogen) atoms. The first-order valence-corrected chi connectivity index (χ1v) is 8.82. The van der Waals surface area contributed by atoms with Crippen molar-refractivity contribution in [1.82, 2.24) is 14.7 Å². The largest absolute Gasteiger partial charge is 0.469 e. The predicted molar refractivity (Wildman–Crippen MR) is 98.4 cm³/mol. The number of anilines is 1. The summed E-state index contributed by atoms with van der Waals surface area (Å²) in [5.74, 6) is -0.0323. The normalized spacial score (nSPS) is 14.6. The van der Waals surface area contributed by atoms with Crippen molar-refractivity contribution in [1.29, 1.82) is 0 Å². The zero-order chi connectivity index (χ0) is 18.8. The SMILES string of the molecule is Cc1occc1-c1nn(CC(=O)N2CCN(c3ccccc3)CC2)c(=O)o1. The van der Waals surface area contributed by atoms with E-state index in [4.69, 9.17) is 8.83 Å². The lowest BCUT2D eigenvalue weighted by molar-refractivity contribution is -0.132. The van der Waals surface area contributed by atoms with Gasteiger partial charge in [-0.15, -0.1) is 5.10 Å². The smallest absolute Gasteiger partial charge is 0.437 e. The summed E-state index contributed by atoms with van der Waals surface area (Å²) in [6, 6.07) is 11.8. The molecule has 3 heterocycles. The van der Waals surface area contributed by atoms with Gasteiger partial charge in [0.1, 0.15) is 12.3 Å². The summed E-state index contributed by atoms with van der Waals surface area (Å²) in [5.41, 5.74) is 1.76. The molecule has 0 aliphatic carbocycles. The number of carbonyl (C=O) groups is 1. The number of furan rings is 1. The van der Waals surface area contributed by atoms with E-state index in [1.54, 1.807) is 17.9 Å². The molecule has 1 aliphatic heterocycles. The van der Waals surface area contributed by atoms with Crippen LogP contribution in [0.4, 0.5) is 5.69 Å². The van der Waals surface area contributed by atoms with E-state index < -0.39 is 5.76 Å². The van der Waals surface area contributed by atoms with Gasteiger partial charge in [-0.05, 0) is 25.1 Å². The minimum absolute atomic E-state index is 0.134. The molecule has 1 aliphatic rings. The highest BCUT2D eigenvalue weighted by molar-refractivity contribution is 5.76. The standard InChI is InChI=1S/C19H20N4O4/c1-14-16(7-12-26-14)18-20-23(19(25)27-18)13-17(24)22-10-8-21(9-11-22)15-5-3-2-4-6-15/h2-7,12H,8-11,13H2,1H3. The lowest BCUT2D eigenvalue weighted by Crippen LogP contribution is -2.50. The van der Waals surface area contributed by atoms with Gasteiger partial charge < -0.3 is 18.6 Å². The van der Waals surface area contributed by atoms with Crippen LogP contribution < -0.4 is 10.7 Å². The Morgan fingerprint density at radius 3 is 2.52 bits per heavy atom. The summed E-state index contributed by atoms with van der Waals surface area (Å²) >= 11 is 0. The summed E-state index contributed by atoms with van der Waals surface area (Å²) in [6.45, 7) is 4.34. The van der Waals surface area contributed by atoms with Gasteiger partial charge in [-0.2, -0.15) is 4.68 Å². The lowest BCUT2D eigenvalue weighted by Gasteiger charge is -2.36. The summed E-state index contributed by atoms with van der Waals surface area (Å²) in [7, 11) is 0. The minimum Gasteiger partial charge on any atom is -0.469 e. The number of aromatic nitrogens is 2. The van der Waals surface area contributed by atoms with Crippen LogP contribution in [0.25, 0.3) is 11.5 Å². The highest BCUT2D eigenvalue weighted by Gasteiger charge is 2.23. The van der Waals surface area contributed by atoms with Gasteiger partial charge in [0.15, 0.2) is 0 Å². The van der Waals surface area contributed by atoms with Gasteiger partial charge in [0, 0.05) is 31.9 Å². The van der Waals surface area contributed by atoms with E-state index in [0.717, 1.165) is 23.5 Å². The van der Waals surface area contributed by atoms with Crippen molar-refractivity contribution in [3.63, 3.8) is 0 Å². The molecule has 1 aromatic carbocycles. The molecule has 8 nitrogen and oxygen atoms in total. The third-order valence-electron chi connectivity index (χ3n) is 4.73. The minimum atomic E-state index is -0.651. The summed E-state index contributed by atoms with van der Waals surface area (Å²) < 4.78 is 11.4. The van der Waals surface area contributed by atoms with Gasteiger partial charge >= 0.3 is 5.76 Å². The fourth-order valence-electron chi connectivity index (χ4n) is 3.20. The quantitative estimate of drug-likeness (QED) is 0.698. The Balaban J connectivity index is 1.40. The number of nitrogens with zero attached hydrogens (tertiary/aromatic N) is 4. The van der Waals surface area contributed by atoms with E-state index in [1.165, 1.54) is 6.26 Å². The van der Waals surface area contributed by atoms with E-state index in [-0.39, 0.29) is 18.3 Å². The molecular weight excluding hydrogens is 348 g/mol. The second-order valence-electron chi connectivity index (χ2n) is 6.42. The van der Waals surface area contributed by atoms with Crippen molar-refractivity contribution < 1.29 is 13.6 Å². The third kappa shape index (κ3) is 3.51. The molecule has 0 N–H and O–H groups in total. The van der Waals surface area contributed by atoms with E-state index in [1.807, 2.05) is 18.2 Å².